The number of carbonyl (C=O) groups excluding carboxylic acids is 1. The molecule has 2 saturated heterocycles. The Kier molecular flexibility index (Phi) is 6.55. The third kappa shape index (κ3) is 3.60. The first-order valence-electron chi connectivity index (χ1n) is 11.2. The number of hydrogen-bond donors (Lipinski definition) is 2. The second-order valence-electron chi connectivity index (χ2n) is 8.77. The van der Waals surface area contributed by atoms with Gasteiger partial charge >= 0.3 is 0 Å². The summed E-state index contributed by atoms with van der Waals surface area (Å²) >= 11 is 0. The van der Waals surface area contributed by atoms with Crippen molar-refractivity contribution in [1.82, 2.24) is 4.90 Å². The first-order valence-corrected chi connectivity index (χ1v) is 11.2. The third-order valence-corrected chi connectivity index (χ3v) is 7.29. The Balaban J connectivity index is 1.71. The van der Waals surface area contributed by atoms with E-state index in [1.165, 1.54) is 0 Å². The molecule has 3 aliphatic heterocycles. The summed E-state index contributed by atoms with van der Waals surface area (Å²) in [6.45, 7) is 4.27. The van der Waals surface area contributed by atoms with E-state index in [9.17, 15) is 15.0 Å². The predicted molar refractivity (Wildman–Crippen MR) is 119 cm³/mol. The first-order chi connectivity index (χ1) is 15.5. The van der Waals surface area contributed by atoms with Gasteiger partial charge in [-0.25, -0.2) is 0 Å². The van der Waals surface area contributed by atoms with Crippen molar-refractivity contribution in [3.05, 3.63) is 35.1 Å². The van der Waals surface area contributed by atoms with Gasteiger partial charge in [0.1, 0.15) is 18.0 Å². The van der Waals surface area contributed by atoms with Crippen molar-refractivity contribution >= 4 is 17.9 Å². The Labute approximate surface area is 188 Å². The van der Waals surface area contributed by atoms with E-state index in [1.54, 1.807) is 26.5 Å². The van der Waals surface area contributed by atoms with Gasteiger partial charge in [-0.2, -0.15) is 0 Å². The molecule has 4 atom stereocenters. The number of aliphatic imine (C=N–C) groups is 1. The molecule has 0 radical (unpaired) electrons. The summed E-state index contributed by atoms with van der Waals surface area (Å²) in [7, 11) is 3.15. The molecule has 0 saturated carbocycles. The molecule has 3 heterocycles. The second kappa shape index (κ2) is 9.21. The van der Waals surface area contributed by atoms with E-state index in [0.717, 1.165) is 37.2 Å². The van der Waals surface area contributed by atoms with Crippen LogP contribution in [-0.4, -0.2) is 67.3 Å². The van der Waals surface area contributed by atoms with Crippen molar-refractivity contribution in [3.8, 4) is 5.75 Å². The SMILES string of the molecule is CC[C@@H]1CN2CC[C@@]3(O)C(=Nc4ccc(CO)c(OC)c43)[C@@H]2C[C@@H]1C(=COC)COC=O. The van der Waals surface area contributed by atoms with E-state index >= 15 is 0 Å². The van der Waals surface area contributed by atoms with Crippen molar-refractivity contribution in [3.63, 3.8) is 0 Å². The highest BCUT2D eigenvalue weighted by Gasteiger charge is 2.54. The summed E-state index contributed by atoms with van der Waals surface area (Å²) in [6, 6.07) is 3.60. The van der Waals surface area contributed by atoms with Crippen molar-refractivity contribution in [1.29, 1.82) is 0 Å². The maximum absolute atomic E-state index is 11.9. The number of aliphatic hydroxyl groups is 2. The van der Waals surface area contributed by atoms with E-state index in [4.69, 9.17) is 19.2 Å². The number of fused-ring (bicyclic) bond motifs is 5. The largest absolute Gasteiger partial charge is 0.504 e. The molecule has 2 N–H and O–H groups in total. The quantitative estimate of drug-likeness (QED) is 0.469. The number of carbonyl (C=O) groups is 1. The monoisotopic (exact) mass is 444 g/mol. The van der Waals surface area contributed by atoms with Gasteiger partial charge in [0.05, 0.1) is 50.1 Å². The van der Waals surface area contributed by atoms with E-state index < -0.39 is 5.60 Å². The maximum atomic E-state index is 11.9. The van der Waals surface area contributed by atoms with Crippen LogP contribution < -0.4 is 4.74 Å². The second-order valence-corrected chi connectivity index (χ2v) is 8.77. The number of nitrogens with zero attached hydrogens (tertiary/aromatic N) is 2. The summed E-state index contributed by atoms with van der Waals surface area (Å²) in [5.41, 5.74) is 2.46. The van der Waals surface area contributed by atoms with Crippen LogP contribution in [0.25, 0.3) is 0 Å². The molecule has 0 bridgehead atoms. The molecule has 1 aromatic carbocycles. The van der Waals surface area contributed by atoms with Crippen LogP contribution in [0.5, 0.6) is 5.75 Å². The average Bonchev–Trinajstić information content (AvgIpc) is 3.13. The Morgan fingerprint density at radius 2 is 2.19 bits per heavy atom. The van der Waals surface area contributed by atoms with Gasteiger partial charge in [0.15, 0.2) is 0 Å². The van der Waals surface area contributed by atoms with Crippen LogP contribution in [-0.2, 0) is 26.5 Å². The number of benzene rings is 1. The molecule has 2 fully saturated rings. The summed E-state index contributed by atoms with van der Waals surface area (Å²) < 4.78 is 16.0. The molecule has 32 heavy (non-hydrogen) atoms. The summed E-state index contributed by atoms with van der Waals surface area (Å²) in [5, 5.41) is 21.7. The van der Waals surface area contributed by atoms with Crippen molar-refractivity contribution < 1.29 is 29.2 Å². The molecule has 0 amide bonds. The lowest BCUT2D eigenvalue weighted by molar-refractivity contribution is -0.128. The normalized spacial score (nSPS) is 29.5. The lowest BCUT2D eigenvalue weighted by Crippen LogP contribution is -2.60. The van der Waals surface area contributed by atoms with Gasteiger partial charge in [-0.3, -0.25) is 14.7 Å². The van der Waals surface area contributed by atoms with E-state index in [0.29, 0.717) is 41.4 Å². The molecule has 0 spiro atoms. The Hall–Kier alpha value is -2.42. The van der Waals surface area contributed by atoms with Crippen molar-refractivity contribution in [2.75, 3.05) is 33.9 Å². The minimum Gasteiger partial charge on any atom is -0.504 e. The van der Waals surface area contributed by atoms with Crippen LogP contribution >= 0.6 is 0 Å². The van der Waals surface area contributed by atoms with E-state index in [2.05, 4.69) is 11.8 Å². The molecular weight excluding hydrogens is 412 g/mol. The highest BCUT2D eigenvalue weighted by Crippen LogP contribution is 2.52. The van der Waals surface area contributed by atoms with Crippen LogP contribution in [0.4, 0.5) is 5.69 Å². The van der Waals surface area contributed by atoms with Crippen LogP contribution in [0, 0.1) is 11.8 Å². The lowest BCUT2D eigenvalue weighted by Gasteiger charge is -2.50. The maximum Gasteiger partial charge on any atom is 0.293 e. The molecule has 8 nitrogen and oxygen atoms in total. The van der Waals surface area contributed by atoms with Gasteiger partial charge in [-0.05, 0) is 30.7 Å². The molecule has 174 valence electrons. The van der Waals surface area contributed by atoms with Crippen molar-refractivity contribution in [2.45, 2.75) is 44.4 Å². The molecule has 0 unspecified atom stereocenters. The smallest absolute Gasteiger partial charge is 0.293 e. The van der Waals surface area contributed by atoms with E-state index in [-0.39, 0.29) is 25.2 Å². The number of ether oxygens (including phenoxy) is 3. The Bertz CT molecular complexity index is 929. The molecule has 3 aliphatic rings. The molecule has 0 aliphatic carbocycles. The summed E-state index contributed by atoms with van der Waals surface area (Å²) in [6.07, 6.45) is 3.95. The highest BCUT2D eigenvalue weighted by atomic mass is 16.5. The number of methoxy groups -OCH3 is 2. The highest BCUT2D eigenvalue weighted by molar-refractivity contribution is 6.05. The fourth-order valence-electron chi connectivity index (χ4n) is 5.77. The number of rotatable bonds is 8. The zero-order valence-electron chi connectivity index (χ0n) is 18.9. The fraction of sp³-hybridized carbons (Fsp3) is 0.583. The van der Waals surface area contributed by atoms with Crippen LogP contribution in [0.2, 0.25) is 0 Å². The zero-order valence-corrected chi connectivity index (χ0v) is 18.9. The average molecular weight is 445 g/mol. The number of aliphatic hydroxyl groups excluding tert-OH is 1. The third-order valence-electron chi connectivity index (χ3n) is 7.29. The molecule has 0 aromatic heterocycles. The zero-order chi connectivity index (χ0) is 22.9. The summed E-state index contributed by atoms with van der Waals surface area (Å²) in [4.78, 5) is 18.1. The van der Waals surface area contributed by atoms with Gasteiger partial charge in [0.2, 0.25) is 0 Å². The minimum absolute atomic E-state index is 0.0484. The van der Waals surface area contributed by atoms with Crippen LogP contribution in [0.3, 0.4) is 0 Å². The topological polar surface area (TPSA) is 101 Å². The first kappa shape index (κ1) is 22.8. The molecular formula is C24H32N2O6. The fourth-order valence-corrected chi connectivity index (χ4v) is 5.77. The molecule has 1 aromatic rings. The predicted octanol–water partition coefficient (Wildman–Crippen LogP) is 2.28. The van der Waals surface area contributed by atoms with Gasteiger partial charge in [-0.15, -0.1) is 0 Å². The number of hydrogen-bond acceptors (Lipinski definition) is 8. The van der Waals surface area contributed by atoms with Crippen molar-refractivity contribution in [2.24, 2.45) is 16.8 Å². The van der Waals surface area contributed by atoms with Gasteiger partial charge < -0.3 is 24.4 Å². The Morgan fingerprint density at radius 1 is 1.38 bits per heavy atom. The van der Waals surface area contributed by atoms with Crippen LogP contribution in [0.1, 0.15) is 37.3 Å². The Morgan fingerprint density at radius 3 is 2.84 bits per heavy atom. The summed E-state index contributed by atoms with van der Waals surface area (Å²) in [5.74, 6) is 1.04. The molecule has 4 rings (SSSR count). The van der Waals surface area contributed by atoms with E-state index in [1.807, 2.05) is 6.07 Å². The molecule has 8 heteroatoms. The standard InChI is InChI=1S/C24H32N2O6/c1-4-15-10-26-8-7-24(29)21-19(6-5-16(11-27)22(21)31-3)25-23(24)20(26)9-18(15)17(12-30-2)13-32-14-28/h5-6,12,14-15,18,20,27,29H,4,7-11,13H2,1-3H3/t15-,18+,20+,24+/m1/s1. The van der Waals surface area contributed by atoms with Gasteiger partial charge in [-0.1, -0.05) is 19.4 Å². The van der Waals surface area contributed by atoms with Crippen LogP contribution in [0.15, 0.2) is 29.0 Å². The minimum atomic E-state index is -1.22. The van der Waals surface area contributed by atoms with Gasteiger partial charge in [0.25, 0.3) is 6.47 Å². The number of piperidine rings is 2. The van der Waals surface area contributed by atoms with Gasteiger partial charge in [0, 0.05) is 24.2 Å². The lowest BCUT2D eigenvalue weighted by atomic mass is 9.70.